The van der Waals surface area contributed by atoms with Crippen LogP contribution < -0.4 is 37.2 Å². The lowest BCUT2D eigenvalue weighted by Gasteiger charge is -2.39. The zero-order valence-electron chi connectivity index (χ0n) is 40.0. The molecule has 2 unspecified atom stereocenters. The topological polar surface area (TPSA) is 219 Å². The third kappa shape index (κ3) is 14.1. The predicted molar refractivity (Wildman–Crippen MR) is 266 cm³/mol. The maximum Gasteiger partial charge on any atom is 0.394 e. The Labute approximate surface area is 395 Å². The van der Waals surface area contributed by atoms with Crippen molar-refractivity contribution in [1.29, 1.82) is 0 Å². The summed E-state index contributed by atoms with van der Waals surface area (Å²) in [5.41, 5.74) is 18.5. The van der Waals surface area contributed by atoms with E-state index in [2.05, 4.69) is 122 Å². The SMILES string of the molecule is CC1CCC(c2cccc(N3CCN(C)CC3)c2)NC1.Cc1cc(NC(=O)C(=O)N2C[C@@H](C)CC[C@@H]2c2cccc(N3CCN(C)CC3)c2)cnc1N.Cc1cc(NC(=O)C(=O)O)cnc1N. The van der Waals surface area contributed by atoms with Crippen LogP contribution in [0.1, 0.15) is 73.9 Å². The lowest BCUT2D eigenvalue weighted by atomic mass is 9.89. The third-order valence-corrected chi connectivity index (χ3v) is 13.1. The molecule has 0 spiro atoms. The molecule has 0 saturated carbocycles. The van der Waals surface area contributed by atoms with Crippen molar-refractivity contribution in [3.8, 4) is 0 Å². The smallest absolute Gasteiger partial charge is 0.394 e. The highest BCUT2D eigenvalue weighted by atomic mass is 16.4. The standard InChI is InChI=1S/C25H34N6O2.C17H27N3.C8H9N3O3/c1-17-7-8-22(19-5-4-6-21(14-19)30-11-9-29(3)10-12-30)31(16-17)25(33)24(32)28-20-13-18(2)23(26)27-15-20;1-14-6-7-17(18-13-14)15-4-3-5-16(12-15)20-10-8-19(2)9-11-20;1-4-2-5(3-10-6(4)9)11-7(12)8(13)14/h4-6,13-15,17,22H,7-12,16H2,1-3H3,(H2,26,27)(H,28,32);3-5,12,14,17-18H,6-11,13H2,1-2H3;2-3H,1H3,(H2,9,10)(H,11,12)(H,13,14)/t17-,22+;;/m0../s1. The van der Waals surface area contributed by atoms with Crippen molar-refractivity contribution < 1.29 is 24.3 Å². The summed E-state index contributed by atoms with van der Waals surface area (Å²) in [6, 6.07) is 21.4. The monoisotopic (exact) mass is 919 g/mol. The van der Waals surface area contributed by atoms with Crippen LogP contribution in [0.5, 0.6) is 0 Å². The minimum absolute atomic E-state index is 0.113. The number of carboxylic acids is 1. The van der Waals surface area contributed by atoms with Crippen LogP contribution in [-0.4, -0.2) is 133 Å². The van der Waals surface area contributed by atoms with E-state index < -0.39 is 23.7 Å². The molecule has 360 valence electrons. The van der Waals surface area contributed by atoms with Gasteiger partial charge in [-0.05, 0) is 131 Å². The minimum atomic E-state index is -1.54. The molecular formula is C50H70N12O5. The van der Waals surface area contributed by atoms with Gasteiger partial charge >= 0.3 is 23.7 Å². The number of aromatic nitrogens is 2. The van der Waals surface area contributed by atoms with Gasteiger partial charge in [0.15, 0.2) is 0 Å². The number of carbonyl (C=O) groups is 4. The molecular weight excluding hydrogens is 849 g/mol. The molecule has 0 bridgehead atoms. The van der Waals surface area contributed by atoms with Gasteiger partial charge in [0.05, 0.1) is 29.8 Å². The summed E-state index contributed by atoms with van der Waals surface area (Å²) in [6.45, 7) is 18.4. The highest BCUT2D eigenvalue weighted by Gasteiger charge is 2.35. The van der Waals surface area contributed by atoms with Crippen LogP contribution in [0.2, 0.25) is 0 Å². The van der Waals surface area contributed by atoms with Gasteiger partial charge in [-0.15, -0.1) is 0 Å². The average molecular weight is 919 g/mol. The van der Waals surface area contributed by atoms with Crippen LogP contribution in [0.3, 0.4) is 0 Å². The second kappa shape index (κ2) is 23.4. The molecule has 4 aliphatic heterocycles. The Balaban J connectivity index is 0.000000184. The van der Waals surface area contributed by atoms with Crippen LogP contribution in [0.25, 0.3) is 0 Å². The first-order chi connectivity index (χ1) is 32.0. The number of nitrogens with one attached hydrogen (secondary N) is 3. The number of nitrogens with zero attached hydrogens (tertiary/aromatic N) is 7. The fraction of sp³-hybridized carbons (Fsp3) is 0.480. The van der Waals surface area contributed by atoms with E-state index >= 15 is 0 Å². The van der Waals surface area contributed by atoms with Crippen molar-refractivity contribution in [3.05, 3.63) is 95.3 Å². The van der Waals surface area contributed by atoms with Crippen molar-refractivity contribution in [2.75, 3.05) is 111 Å². The number of amides is 3. The average Bonchev–Trinajstić information content (AvgIpc) is 3.32. The number of rotatable bonds is 6. The largest absolute Gasteiger partial charge is 0.474 e. The van der Waals surface area contributed by atoms with E-state index in [9.17, 15) is 19.2 Å². The van der Waals surface area contributed by atoms with E-state index in [1.807, 2.05) is 6.92 Å². The third-order valence-electron chi connectivity index (χ3n) is 13.1. The second-order valence-electron chi connectivity index (χ2n) is 18.6. The van der Waals surface area contributed by atoms with E-state index in [1.165, 1.54) is 55.3 Å². The summed E-state index contributed by atoms with van der Waals surface area (Å²) in [4.78, 5) is 66.3. The molecule has 2 aromatic carbocycles. The van der Waals surface area contributed by atoms with Gasteiger partial charge < -0.3 is 57.0 Å². The van der Waals surface area contributed by atoms with Crippen LogP contribution in [0.4, 0.5) is 34.4 Å². The minimum Gasteiger partial charge on any atom is -0.474 e. The molecule has 0 aliphatic carbocycles. The van der Waals surface area contributed by atoms with E-state index in [1.54, 1.807) is 24.0 Å². The number of likely N-dealkylation sites (tertiary alicyclic amines) is 1. The summed E-state index contributed by atoms with van der Waals surface area (Å²) in [5.74, 6) is -1.87. The van der Waals surface area contributed by atoms with E-state index in [0.717, 1.165) is 75.7 Å². The Kier molecular flexibility index (Phi) is 17.5. The molecule has 8 N–H and O–H groups in total. The Morgan fingerprint density at radius 1 is 0.657 bits per heavy atom. The Bertz CT molecular complexity index is 2280. The second-order valence-corrected chi connectivity index (χ2v) is 18.6. The number of pyridine rings is 2. The molecule has 4 atom stereocenters. The highest BCUT2D eigenvalue weighted by molar-refractivity contribution is 6.39. The fourth-order valence-corrected chi connectivity index (χ4v) is 8.81. The van der Waals surface area contributed by atoms with Crippen molar-refractivity contribution in [2.45, 2.75) is 65.5 Å². The molecule has 17 heteroatoms. The number of likely N-dealkylation sites (N-methyl/N-ethyl adjacent to an activating group) is 2. The molecule has 4 saturated heterocycles. The molecule has 0 radical (unpaired) electrons. The van der Waals surface area contributed by atoms with Crippen LogP contribution in [0.15, 0.2) is 73.1 Å². The fourth-order valence-electron chi connectivity index (χ4n) is 8.81. The maximum absolute atomic E-state index is 13.3. The van der Waals surface area contributed by atoms with Crippen molar-refractivity contribution in [2.24, 2.45) is 11.8 Å². The molecule has 17 nitrogen and oxygen atoms in total. The number of carbonyl (C=O) groups excluding carboxylic acids is 3. The number of nitrogen functional groups attached to an aromatic ring is 2. The quantitative estimate of drug-likeness (QED) is 0.138. The van der Waals surface area contributed by atoms with Gasteiger partial charge in [0.1, 0.15) is 11.6 Å². The molecule has 67 heavy (non-hydrogen) atoms. The van der Waals surface area contributed by atoms with Crippen molar-refractivity contribution in [1.82, 2.24) is 30.0 Å². The molecule has 3 amide bonds. The van der Waals surface area contributed by atoms with Gasteiger partial charge in [-0.1, -0.05) is 38.1 Å². The Hall–Kier alpha value is -6.30. The van der Waals surface area contributed by atoms with E-state index in [0.29, 0.717) is 47.1 Å². The van der Waals surface area contributed by atoms with E-state index in [-0.39, 0.29) is 6.04 Å². The van der Waals surface area contributed by atoms with Crippen LogP contribution in [-0.2, 0) is 19.2 Å². The van der Waals surface area contributed by atoms with Gasteiger partial charge in [0.25, 0.3) is 0 Å². The molecule has 6 heterocycles. The number of aliphatic carboxylic acids is 1. The predicted octanol–water partition coefficient (Wildman–Crippen LogP) is 5.16. The number of carboxylic acid groups (broad SMARTS) is 1. The number of benzene rings is 2. The highest BCUT2D eigenvalue weighted by Crippen LogP contribution is 2.35. The number of hydrogen-bond donors (Lipinski definition) is 6. The number of hydrogen-bond acceptors (Lipinski definition) is 13. The summed E-state index contributed by atoms with van der Waals surface area (Å²) in [6.07, 6.45) is 7.25. The lowest BCUT2D eigenvalue weighted by molar-refractivity contribution is -0.147. The van der Waals surface area contributed by atoms with Crippen LogP contribution >= 0.6 is 0 Å². The first-order valence-electron chi connectivity index (χ1n) is 23.4. The van der Waals surface area contributed by atoms with Gasteiger partial charge in [0.2, 0.25) is 0 Å². The first kappa shape index (κ1) is 50.1. The van der Waals surface area contributed by atoms with E-state index in [4.69, 9.17) is 16.6 Å². The summed E-state index contributed by atoms with van der Waals surface area (Å²) >= 11 is 0. The molecule has 4 aromatic rings. The number of nitrogens with two attached hydrogens (primary N) is 2. The first-order valence-corrected chi connectivity index (χ1v) is 23.4. The summed E-state index contributed by atoms with van der Waals surface area (Å²) in [5, 5.41) is 16.9. The molecule has 4 aliphatic rings. The van der Waals surface area contributed by atoms with Gasteiger partial charge in [-0.2, -0.15) is 0 Å². The summed E-state index contributed by atoms with van der Waals surface area (Å²) < 4.78 is 0. The van der Waals surface area contributed by atoms with Gasteiger partial charge in [-0.3, -0.25) is 14.4 Å². The Morgan fingerprint density at radius 2 is 1.15 bits per heavy atom. The van der Waals surface area contributed by atoms with Crippen LogP contribution in [0, 0.1) is 25.7 Å². The van der Waals surface area contributed by atoms with Crippen molar-refractivity contribution in [3.63, 3.8) is 0 Å². The Morgan fingerprint density at radius 3 is 1.64 bits per heavy atom. The number of anilines is 6. The zero-order chi connectivity index (χ0) is 48.2. The molecule has 8 rings (SSSR count). The summed E-state index contributed by atoms with van der Waals surface area (Å²) in [7, 11) is 4.36. The number of piperazine rings is 2. The molecule has 4 fully saturated rings. The maximum atomic E-state index is 13.3. The molecule has 2 aromatic heterocycles. The van der Waals surface area contributed by atoms with Gasteiger partial charge in [-0.25, -0.2) is 14.8 Å². The lowest BCUT2D eigenvalue weighted by Crippen LogP contribution is -2.46. The van der Waals surface area contributed by atoms with Crippen molar-refractivity contribution >= 4 is 58.1 Å². The zero-order valence-corrected chi connectivity index (χ0v) is 40.0. The van der Waals surface area contributed by atoms with Gasteiger partial charge in [0, 0.05) is 76.3 Å². The number of piperidine rings is 2. The number of aryl methyl sites for hydroxylation is 2. The normalized spacial score (nSPS) is 21.2.